The summed E-state index contributed by atoms with van der Waals surface area (Å²) in [6.45, 7) is 0. The Balaban J connectivity index is 1.93. The summed E-state index contributed by atoms with van der Waals surface area (Å²) in [5.41, 5.74) is 9.18. The highest BCUT2D eigenvalue weighted by atomic mass is 16.5. The average molecular weight is 324 g/mol. The maximum Gasteiger partial charge on any atom is 0.259 e. The molecule has 2 amide bonds. The number of anilines is 1. The molecule has 5 heteroatoms. The summed E-state index contributed by atoms with van der Waals surface area (Å²) in [5, 5.41) is 2.96. The molecule has 1 aliphatic carbocycles. The number of nitrogens with one attached hydrogen (secondary N) is 1. The summed E-state index contributed by atoms with van der Waals surface area (Å²) >= 11 is 0. The molecule has 0 bridgehead atoms. The van der Waals surface area contributed by atoms with Crippen molar-refractivity contribution in [3.63, 3.8) is 0 Å². The van der Waals surface area contributed by atoms with Gasteiger partial charge in [-0.3, -0.25) is 9.59 Å². The monoisotopic (exact) mass is 324 g/mol. The van der Waals surface area contributed by atoms with Crippen molar-refractivity contribution in [2.24, 2.45) is 5.73 Å². The number of primary amides is 1. The van der Waals surface area contributed by atoms with Gasteiger partial charge < -0.3 is 15.8 Å². The largest absolute Gasteiger partial charge is 0.496 e. The predicted octanol–water partition coefficient (Wildman–Crippen LogP) is 2.93. The van der Waals surface area contributed by atoms with Gasteiger partial charge in [0, 0.05) is 11.3 Å². The van der Waals surface area contributed by atoms with E-state index in [-0.39, 0.29) is 11.5 Å². The second-order valence-corrected chi connectivity index (χ2v) is 5.88. The Morgan fingerprint density at radius 2 is 1.92 bits per heavy atom. The predicted molar refractivity (Wildman–Crippen MR) is 92.5 cm³/mol. The van der Waals surface area contributed by atoms with Gasteiger partial charge in [-0.1, -0.05) is 12.1 Å². The first-order chi connectivity index (χ1) is 11.6. The number of rotatable bonds is 4. The normalized spacial score (nSPS) is 13.0. The molecule has 0 radical (unpaired) electrons. The zero-order valence-electron chi connectivity index (χ0n) is 13.6. The Morgan fingerprint density at radius 1 is 1.12 bits per heavy atom. The van der Waals surface area contributed by atoms with Crippen molar-refractivity contribution in [1.29, 1.82) is 0 Å². The molecule has 0 atom stereocenters. The first-order valence-corrected chi connectivity index (χ1v) is 8.00. The molecule has 0 spiro atoms. The molecule has 2 aromatic rings. The van der Waals surface area contributed by atoms with E-state index in [1.54, 1.807) is 12.1 Å². The Bertz CT molecular complexity index is 799. The van der Waals surface area contributed by atoms with Crippen molar-refractivity contribution in [3.8, 4) is 5.75 Å². The number of carbonyl (C=O) groups is 2. The van der Waals surface area contributed by atoms with Gasteiger partial charge in [0.1, 0.15) is 5.75 Å². The van der Waals surface area contributed by atoms with Crippen LogP contribution in [-0.2, 0) is 12.8 Å². The van der Waals surface area contributed by atoms with Crippen molar-refractivity contribution in [2.75, 3.05) is 12.4 Å². The van der Waals surface area contributed by atoms with E-state index in [1.165, 1.54) is 30.7 Å². The summed E-state index contributed by atoms with van der Waals surface area (Å²) in [5.74, 6) is -0.486. The van der Waals surface area contributed by atoms with Gasteiger partial charge in [0.15, 0.2) is 0 Å². The van der Waals surface area contributed by atoms with Crippen LogP contribution in [-0.4, -0.2) is 18.9 Å². The third-order valence-corrected chi connectivity index (χ3v) is 4.37. The lowest BCUT2D eigenvalue weighted by Gasteiger charge is -2.20. The summed E-state index contributed by atoms with van der Waals surface area (Å²) in [7, 11) is 1.49. The number of hydrogen-bond acceptors (Lipinski definition) is 3. The van der Waals surface area contributed by atoms with E-state index in [0.717, 1.165) is 24.9 Å². The first kappa shape index (κ1) is 16.1. The van der Waals surface area contributed by atoms with Gasteiger partial charge in [0.25, 0.3) is 5.91 Å². The van der Waals surface area contributed by atoms with Crippen molar-refractivity contribution in [1.82, 2.24) is 0 Å². The number of methoxy groups -OCH3 is 1. The summed E-state index contributed by atoms with van der Waals surface area (Å²) < 4.78 is 5.24. The van der Waals surface area contributed by atoms with Crippen molar-refractivity contribution < 1.29 is 14.3 Å². The van der Waals surface area contributed by atoms with Crippen LogP contribution in [0.4, 0.5) is 5.69 Å². The molecule has 0 unspecified atom stereocenters. The molecule has 0 aromatic heterocycles. The minimum atomic E-state index is -0.580. The van der Waals surface area contributed by atoms with Crippen LogP contribution in [0.2, 0.25) is 0 Å². The van der Waals surface area contributed by atoms with Crippen LogP contribution in [0.15, 0.2) is 36.4 Å². The highest BCUT2D eigenvalue weighted by Gasteiger charge is 2.18. The van der Waals surface area contributed by atoms with E-state index < -0.39 is 5.91 Å². The maximum absolute atomic E-state index is 12.7. The molecule has 3 N–H and O–H groups in total. The Hall–Kier alpha value is -2.82. The molecule has 124 valence electrons. The minimum absolute atomic E-state index is 0.274. The molecule has 0 aliphatic heterocycles. The molecule has 1 aliphatic rings. The average Bonchev–Trinajstić information content (AvgIpc) is 2.61. The fourth-order valence-electron chi connectivity index (χ4n) is 3.13. The van der Waals surface area contributed by atoms with Crippen LogP contribution in [0.1, 0.15) is 44.7 Å². The maximum atomic E-state index is 12.7. The van der Waals surface area contributed by atoms with E-state index >= 15 is 0 Å². The molecule has 0 saturated heterocycles. The van der Waals surface area contributed by atoms with Gasteiger partial charge in [-0.2, -0.15) is 0 Å². The number of amides is 2. The van der Waals surface area contributed by atoms with Crippen LogP contribution in [0.3, 0.4) is 0 Å². The summed E-state index contributed by atoms with van der Waals surface area (Å²) in [4.78, 5) is 24.1. The smallest absolute Gasteiger partial charge is 0.259 e. The number of aryl methyl sites for hydroxylation is 1. The van der Waals surface area contributed by atoms with E-state index in [1.807, 2.05) is 12.1 Å². The SMILES string of the molecule is COc1ccc(C(N)=O)cc1C(=O)Nc1cccc2c1CCCC2. The first-order valence-electron chi connectivity index (χ1n) is 8.00. The Kier molecular flexibility index (Phi) is 4.51. The third kappa shape index (κ3) is 3.11. The number of hydrogen-bond donors (Lipinski definition) is 2. The number of fused-ring (bicyclic) bond motifs is 1. The molecule has 0 fully saturated rings. The third-order valence-electron chi connectivity index (χ3n) is 4.37. The Labute approximate surface area is 140 Å². The zero-order valence-corrected chi connectivity index (χ0v) is 13.6. The molecule has 5 nitrogen and oxygen atoms in total. The topological polar surface area (TPSA) is 81.4 Å². The number of ether oxygens (including phenoxy) is 1. The second kappa shape index (κ2) is 6.74. The number of nitrogens with two attached hydrogens (primary N) is 1. The lowest BCUT2D eigenvalue weighted by atomic mass is 9.90. The van der Waals surface area contributed by atoms with Crippen LogP contribution in [0.5, 0.6) is 5.75 Å². The molecule has 2 aromatic carbocycles. The van der Waals surface area contributed by atoms with Crippen molar-refractivity contribution >= 4 is 17.5 Å². The Morgan fingerprint density at radius 3 is 2.67 bits per heavy atom. The molecular formula is C19H20N2O3. The van der Waals surface area contributed by atoms with Crippen molar-refractivity contribution in [2.45, 2.75) is 25.7 Å². The van der Waals surface area contributed by atoms with Gasteiger partial charge in [-0.25, -0.2) is 0 Å². The van der Waals surface area contributed by atoms with Gasteiger partial charge >= 0.3 is 0 Å². The highest BCUT2D eigenvalue weighted by Crippen LogP contribution is 2.29. The minimum Gasteiger partial charge on any atom is -0.496 e. The summed E-state index contributed by atoms with van der Waals surface area (Å²) in [6, 6.07) is 10.6. The number of benzene rings is 2. The van der Waals surface area contributed by atoms with E-state index in [9.17, 15) is 9.59 Å². The lowest BCUT2D eigenvalue weighted by molar-refractivity contribution is 0.1000. The fraction of sp³-hybridized carbons (Fsp3) is 0.263. The fourth-order valence-corrected chi connectivity index (χ4v) is 3.13. The molecule has 3 rings (SSSR count). The van der Waals surface area contributed by atoms with E-state index in [4.69, 9.17) is 10.5 Å². The molecule has 0 heterocycles. The van der Waals surface area contributed by atoms with Crippen LogP contribution >= 0.6 is 0 Å². The van der Waals surface area contributed by atoms with Crippen LogP contribution in [0.25, 0.3) is 0 Å². The van der Waals surface area contributed by atoms with Crippen molar-refractivity contribution in [3.05, 3.63) is 58.7 Å². The summed E-state index contributed by atoms with van der Waals surface area (Å²) in [6.07, 6.45) is 4.31. The van der Waals surface area contributed by atoms with E-state index in [0.29, 0.717) is 11.3 Å². The standard InChI is InChI=1S/C19H20N2O3/c1-24-17-10-9-13(18(20)22)11-15(17)19(23)21-16-8-4-6-12-5-2-3-7-14(12)16/h4,6,8-11H,2-3,5,7H2,1H3,(H2,20,22)(H,21,23). The lowest BCUT2D eigenvalue weighted by Crippen LogP contribution is -2.18. The molecule has 0 saturated carbocycles. The highest BCUT2D eigenvalue weighted by molar-refractivity contribution is 6.08. The van der Waals surface area contributed by atoms with Crippen LogP contribution in [0, 0.1) is 0 Å². The second-order valence-electron chi connectivity index (χ2n) is 5.88. The number of carbonyl (C=O) groups excluding carboxylic acids is 2. The molecular weight excluding hydrogens is 304 g/mol. The van der Waals surface area contributed by atoms with Gasteiger partial charge in [-0.05, 0) is 61.1 Å². The molecule has 24 heavy (non-hydrogen) atoms. The van der Waals surface area contributed by atoms with E-state index in [2.05, 4.69) is 11.4 Å². The zero-order chi connectivity index (χ0) is 17.1. The van der Waals surface area contributed by atoms with Gasteiger partial charge in [-0.15, -0.1) is 0 Å². The van der Waals surface area contributed by atoms with Gasteiger partial charge in [0.2, 0.25) is 5.91 Å². The quantitative estimate of drug-likeness (QED) is 0.907. The van der Waals surface area contributed by atoms with Gasteiger partial charge in [0.05, 0.1) is 12.7 Å². The van der Waals surface area contributed by atoms with Crippen LogP contribution < -0.4 is 15.8 Å².